The van der Waals surface area contributed by atoms with E-state index >= 15 is 0 Å². The lowest BCUT2D eigenvalue weighted by Gasteiger charge is -2.31. The second-order valence-electron chi connectivity index (χ2n) is 4.94. The van der Waals surface area contributed by atoms with Crippen LogP contribution in [0.1, 0.15) is 43.5 Å². The second-order valence-corrected chi connectivity index (χ2v) is 4.94. The molecule has 98 valence electrons. The summed E-state index contributed by atoms with van der Waals surface area (Å²) in [6.45, 7) is 4.33. The number of anilines is 2. The summed E-state index contributed by atoms with van der Waals surface area (Å²) in [5, 5.41) is 9.12. The molecule has 0 amide bonds. The molecule has 4 nitrogen and oxygen atoms in total. The Morgan fingerprint density at radius 2 is 2.22 bits per heavy atom. The maximum absolute atomic E-state index is 11.1. The predicted molar refractivity (Wildman–Crippen MR) is 73.1 cm³/mol. The van der Waals surface area contributed by atoms with Gasteiger partial charge >= 0.3 is 5.97 Å². The van der Waals surface area contributed by atoms with E-state index in [1.165, 1.54) is 0 Å². The van der Waals surface area contributed by atoms with Crippen molar-refractivity contribution in [3.63, 3.8) is 0 Å². The molecule has 0 aromatic heterocycles. The molecule has 2 atom stereocenters. The molecule has 1 saturated heterocycles. The van der Waals surface area contributed by atoms with E-state index in [1.54, 1.807) is 12.1 Å². The van der Waals surface area contributed by atoms with Crippen molar-refractivity contribution in [2.24, 2.45) is 0 Å². The molecule has 1 heterocycles. The molecule has 1 aliphatic rings. The van der Waals surface area contributed by atoms with Gasteiger partial charge in [0.25, 0.3) is 0 Å². The molecule has 0 saturated carbocycles. The van der Waals surface area contributed by atoms with Crippen LogP contribution in [-0.4, -0.2) is 23.2 Å². The van der Waals surface area contributed by atoms with Gasteiger partial charge < -0.3 is 15.7 Å². The minimum Gasteiger partial charge on any atom is -0.478 e. The van der Waals surface area contributed by atoms with Gasteiger partial charge in [-0.3, -0.25) is 0 Å². The van der Waals surface area contributed by atoms with Crippen molar-refractivity contribution in [3.05, 3.63) is 23.8 Å². The average molecular weight is 248 g/mol. The molecule has 0 bridgehead atoms. The molecule has 1 aromatic carbocycles. The van der Waals surface area contributed by atoms with Crippen LogP contribution < -0.4 is 10.6 Å². The molecule has 1 aliphatic heterocycles. The first-order valence-electron chi connectivity index (χ1n) is 6.46. The third kappa shape index (κ3) is 2.03. The SMILES string of the molecule is CCC1CCC(C)N1c1cccc(C(=O)O)c1N. The number of hydrogen-bond acceptors (Lipinski definition) is 3. The van der Waals surface area contributed by atoms with Crippen LogP contribution >= 0.6 is 0 Å². The van der Waals surface area contributed by atoms with Crippen molar-refractivity contribution in [2.75, 3.05) is 10.6 Å². The van der Waals surface area contributed by atoms with Gasteiger partial charge in [-0.15, -0.1) is 0 Å². The van der Waals surface area contributed by atoms with Crippen molar-refractivity contribution in [1.82, 2.24) is 0 Å². The largest absolute Gasteiger partial charge is 0.478 e. The minimum atomic E-state index is -0.964. The maximum atomic E-state index is 11.1. The van der Waals surface area contributed by atoms with Gasteiger partial charge in [-0.25, -0.2) is 4.79 Å². The number of hydrogen-bond donors (Lipinski definition) is 2. The molecular formula is C14H20N2O2. The monoisotopic (exact) mass is 248 g/mol. The number of para-hydroxylation sites is 1. The minimum absolute atomic E-state index is 0.196. The smallest absolute Gasteiger partial charge is 0.337 e. The molecule has 3 N–H and O–H groups in total. The molecule has 0 spiro atoms. The van der Waals surface area contributed by atoms with Gasteiger partial charge in [0.15, 0.2) is 0 Å². The lowest BCUT2D eigenvalue weighted by atomic mass is 10.1. The highest BCUT2D eigenvalue weighted by Crippen LogP contribution is 2.36. The Kier molecular flexibility index (Phi) is 3.45. The zero-order valence-electron chi connectivity index (χ0n) is 10.9. The highest BCUT2D eigenvalue weighted by molar-refractivity contribution is 5.97. The Bertz CT molecular complexity index is 459. The van der Waals surface area contributed by atoms with Crippen molar-refractivity contribution >= 4 is 17.3 Å². The van der Waals surface area contributed by atoms with Gasteiger partial charge in [0.05, 0.1) is 16.9 Å². The Balaban J connectivity index is 2.44. The van der Waals surface area contributed by atoms with Gasteiger partial charge in [-0.05, 0) is 38.3 Å². The Labute approximate surface area is 107 Å². The number of nitrogens with zero attached hydrogens (tertiary/aromatic N) is 1. The van der Waals surface area contributed by atoms with Gasteiger partial charge in [0, 0.05) is 12.1 Å². The number of nitrogen functional groups attached to an aromatic ring is 1. The average Bonchev–Trinajstić information content (AvgIpc) is 2.70. The van der Waals surface area contributed by atoms with Crippen LogP contribution in [0.15, 0.2) is 18.2 Å². The maximum Gasteiger partial charge on any atom is 0.337 e. The Hall–Kier alpha value is -1.71. The van der Waals surface area contributed by atoms with E-state index in [-0.39, 0.29) is 5.56 Å². The van der Waals surface area contributed by atoms with Crippen molar-refractivity contribution < 1.29 is 9.90 Å². The fourth-order valence-corrected chi connectivity index (χ4v) is 2.87. The predicted octanol–water partition coefficient (Wildman–Crippen LogP) is 2.73. The molecule has 1 fully saturated rings. The molecule has 18 heavy (non-hydrogen) atoms. The Morgan fingerprint density at radius 3 is 2.83 bits per heavy atom. The van der Waals surface area contributed by atoms with Crippen molar-refractivity contribution in [2.45, 2.75) is 45.2 Å². The van der Waals surface area contributed by atoms with E-state index in [0.29, 0.717) is 17.8 Å². The summed E-state index contributed by atoms with van der Waals surface area (Å²) < 4.78 is 0. The van der Waals surface area contributed by atoms with Crippen LogP contribution in [0.5, 0.6) is 0 Å². The quantitative estimate of drug-likeness (QED) is 0.807. The summed E-state index contributed by atoms with van der Waals surface area (Å²) in [7, 11) is 0. The van der Waals surface area contributed by atoms with E-state index < -0.39 is 5.97 Å². The first-order chi connectivity index (χ1) is 8.56. The molecular weight excluding hydrogens is 228 g/mol. The summed E-state index contributed by atoms with van der Waals surface area (Å²) >= 11 is 0. The van der Waals surface area contributed by atoms with E-state index in [0.717, 1.165) is 24.9 Å². The van der Waals surface area contributed by atoms with E-state index in [9.17, 15) is 4.79 Å². The topological polar surface area (TPSA) is 66.6 Å². The first-order valence-corrected chi connectivity index (χ1v) is 6.46. The van der Waals surface area contributed by atoms with Crippen LogP contribution in [0.2, 0.25) is 0 Å². The lowest BCUT2D eigenvalue weighted by molar-refractivity contribution is 0.0698. The first kappa shape index (κ1) is 12.7. The van der Waals surface area contributed by atoms with Gasteiger partial charge in [0.1, 0.15) is 0 Å². The van der Waals surface area contributed by atoms with Gasteiger partial charge in [0.2, 0.25) is 0 Å². The van der Waals surface area contributed by atoms with Gasteiger partial charge in [-0.2, -0.15) is 0 Å². The third-order valence-corrected chi connectivity index (χ3v) is 3.85. The van der Waals surface area contributed by atoms with Crippen LogP contribution in [0.4, 0.5) is 11.4 Å². The van der Waals surface area contributed by atoms with E-state index in [2.05, 4.69) is 18.7 Å². The number of nitrogens with two attached hydrogens (primary N) is 1. The third-order valence-electron chi connectivity index (χ3n) is 3.85. The fourth-order valence-electron chi connectivity index (χ4n) is 2.87. The summed E-state index contributed by atoms with van der Waals surface area (Å²) in [6, 6.07) is 6.13. The van der Waals surface area contributed by atoms with Crippen molar-refractivity contribution in [3.8, 4) is 0 Å². The normalized spacial score (nSPS) is 23.3. The highest BCUT2D eigenvalue weighted by atomic mass is 16.4. The lowest BCUT2D eigenvalue weighted by Crippen LogP contribution is -2.34. The number of carbonyl (C=O) groups is 1. The van der Waals surface area contributed by atoms with Crippen LogP contribution in [0, 0.1) is 0 Å². The molecule has 0 aliphatic carbocycles. The van der Waals surface area contributed by atoms with Gasteiger partial charge in [-0.1, -0.05) is 13.0 Å². The van der Waals surface area contributed by atoms with E-state index in [4.69, 9.17) is 10.8 Å². The molecule has 0 radical (unpaired) electrons. The number of carboxylic acid groups (broad SMARTS) is 1. The van der Waals surface area contributed by atoms with Crippen LogP contribution in [0.3, 0.4) is 0 Å². The standard InChI is InChI=1S/C14H20N2O2/c1-3-10-8-7-9(2)16(10)12-6-4-5-11(13(12)15)14(17)18/h4-6,9-10H,3,7-8,15H2,1-2H3,(H,17,18). The molecule has 2 unspecified atom stereocenters. The molecule has 4 heteroatoms. The summed E-state index contributed by atoms with van der Waals surface area (Å²) in [5.74, 6) is -0.964. The molecule has 2 rings (SSSR count). The number of aromatic carboxylic acids is 1. The number of carboxylic acids is 1. The van der Waals surface area contributed by atoms with E-state index in [1.807, 2.05) is 6.07 Å². The summed E-state index contributed by atoms with van der Waals surface area (Å²) in [6.07, 6.45) is 3.34. The summed E-state index contributed by atoms with van der Waals surface area (Å²) in [5.41, 5.74) is 7.47. The Morgan fingerprint density at radius 1 is 1.50 bits per heavy atom. The fraction of sp³-hybridized carbons (Fsp3) is 0.500. The summed E-state index contributed by atoms with van der Waals surface area (Å²) in [4.78, 5) is 13.4. The van der Waals surface area contributed by atoms with Crippen LogP contribution in [-0.2, 0) is 0 Å². The highest BCUT2D eigenvalue weighted by Gasteiger charge is 2.31. The molecule has 1 aromatic rings. The van der Waals surface area contributed by atoms with Crippen molar-refractivity contribution in [1.29, 1.82) is 0 Å². The van der Waals surface area contributed by atoms with Crippen LogP contribution in [0.25, 0.3) is 0 Å². The zero-order chi connectivity index (χ0) is 13.3. The second kappa shape index (κ2) is 4.88. The zero-order valence-corrected chi connectivity index (χ0v) is 10.9. The number of rotatable bonds is 3. The number of benzene rings is 1.